The fourth-order valence-corrected chi connectivity index (χ4v) is 1.73. The van der Waals surface area contributed by atoms with Crippen molar-refractivity contribution in [2.24, 2.45) is 11.1 Å². The van der Waals surface area contributed by atoms with Crippen molar-refractivity contribution in [2.45, 2.75) is 33.4 Å². The summed E-state index contributed by atoms with van der Waals surface area (Å²) in [5.41, 5.74) is 6.32. The SMILES string of the molecule is CN(Cc1cccc([N+](=O)[O-])c1)C(=O)[C@@H](N)C(C)(C)C. The third-order valence-electron chi connectivity index (χ3n) is 3.12. The van der Waals surface area contributed by atoms with Crippen molar-refractivity contribution in [2.75, 3.05) is 7.05 Å². The molecule has 1 aromatic carbocycles. The highest BCUT2D eigenvalue weighted by atomic mass is 16.6. The summed E-state index contributed by atoms with van der Waals surface area (Å²) in [6.45, 7) is 5.99. The molecule has 0 unspecified atom stereocenters. The first-order valence-corrected chi connectivity index (χ1v) is 6.37. The zero-order chi connectivity index (χ0) is 15.5. The standard InChI is InChI=1S/C14H21N3O3/c1-14(2,3)12(15)13(18)16(4)9-10-6-5-7-11(8-10)17(19)20/h5-8,12H,9,15H2,1-4H3/t12-/m1/s1. The van der Waals surface area contributed by atoms with E-state index in [0.717, 1.165) is 0 Å². The van der Waals surface area contributed by atoms with Crippen molar-refractivity contribution >= 4 is 11.6 Å². The Labute approximate surface area is 118 Å². The molecule has 0 saturated heterocycles. The monoisotopic (exact) mass is 279 g/mol. The zero-order valence-electron chi connectivity index (χ0n) is 12.3. The van der Waals surface area contributed by atoms with E-state index in [0.29, 0.717) is 12.1 Å². The third kappa shape index (κ3) is 4.03. The largest absolute Gasteiger partial charge is 0.340 e. The van der Waals surface area contributed by atoms with Crippen LogP contribution in [-0.2, 0) is 11.3 Å². The third-order valence-corrected chi connectivity index (χ3v) is 3.12. The van der Waals surface area contributed by atoms with Crippen LogP contribution >= 0.6 is 0 Å². The van der Waals surface area contributed by atoms with Crippen LogP contribution < -0.4 is 5.73 Å². The maximum atomic E-state index is 12.2. The van der Waals surface area contributed by atoms with Gasteiger partial charge in [-0.15, -0.1) is 0 Å². The topological polar surface area (TPSA) is 89.5 Å². The molecule has 0 saturated carbocycles. The van der Waals surface area contributed by atoms with Gasteiger partial charge in [-0.25, -0.2) is 0 Å². The Hall–Kier alpha value is -1.95. The molecule has 0 radical (unpaired) electrons. The number of carbonyl (C=O) groups excluding carboxylic acids is 1. The van der Waals surface area contributed by atoms with Gasteiger partial charge in [0.25, 0.3) is 5.69 Å². The normalized spacial score (nSPS) is 12.8. The summed E-state index contributed by atoms with van der Waals surface area (Å²) >= 11 is 0. The van der Waals surface area contributed by atoms with E-state index in [2.05, 4.69) is 0 Å². The zero-order valence-corrected chi connectivity index (χ0v) is 12.3. The van der Waals surface area contributed by atoms with Crippen LogP contribution in [0.1, 0.15) is 26.3 Å². The van der Waals surface area contributed by atoms with Gasteiger partial charge in [-0.05, 0) is 11.0 Å². The number of rotatable bonds is 4. The lowest BCUT2D eigenvalue weighted by atomic mass is 9.86. The van der Waals surface area contributed by atoms with E-state index in [9.17, 15) is 14.9 Å². The Morgan fingerprint density at radius 3 is 2.55 bits per heavy atom. The van der Waals surface area contributed by atoms with Crippen molar-refractivity contribution in [3.05, 3.63) is 39.9 Å². The first kappa shape index (κ1) is 16.1. The predicted octanol–water partition coefficient (Wildman–Crippen LogP) is 1.93. The summed E-state index contributed by atoms with van der Waals surface area (Å²) in [6, 6.07) is 5.64. The van der Waals surface area contributed by atoms with E-state index in [1.807, 2.05) is 20.8 Å². The second-order valence-corrected chi connectivity index (χ2v) is 5.97. The van der Waals surface area contributed by atoms with Crippen LogP contribution in [0.5, 0.6) is 0 Å². The van der Waals surface area contributed by atoms with E-state index in [4.69, 9.17) is 5.73 Å². The summed E-state index contributed by atoms with van der Waals surface area (Å²) in [5, 5.41) is 10.7. The van der Waals surface area contributed by atoms with Crippen molar-refractivity contribution in [3.63, 3.8) is 0 Å². The van der Waals surface area contributed by atoms with Gasteiger partial charge in [0.1, 0.15) is 0 Å². The summed E-state index contributed by atoms with van der Waals surface area (Å²) < 4.78 is 0. The number of nitrogens with zero attached hydrogens (tertiary/aromatic N) is 2. The van der Waals surface area contributed by atoms with Gasteiger partial charge in [-0.1, -0.05) is 32.9 Å². The average molecular weight is 279 g/mol. The predicted molar refractivity (Wildman–Crippen MR) is 77.0 cm³/mol. The molecule has 6 heteroatoms. The molecule has 6 nitrogen and oxygen atoms in total. The smallest absolute Gasteiger partial charge is 0.269 e. The van der Waals surface area contributed by atoms with E-state index < -0.39 is 11.0 Å². The second-order valence-electron chi connectivity index (χ2n) is 5.97. The quantitative estimate of drug-likeness (QED) is 0.673. The van der Waals surface area contributed by atoms with Crippen LogP contribution in [0.25, 0.3) is 0 Å². The number of amides is 1. The van der Waals surface area contributed by atoms with Gasteiger partial charge in [0.15, 0.2) is 0 Å². The molecule has 1 rings (SSSR count). The maximum absolute atomic E-state index is 12.2. The van der Waals surface area contributed by atoms with Gasteiger partial charge in [-0.3, -0.25) is 14.9 Å². The van der Waals surface area contributed by atoms with Crippen LogP contribution in [0.15, 0.2) is 24.3 Å². The van der Waals surface area contributed by atoms with Crippen molar-refractivity contribution in [3.8, 4) is 0 Å². The number of hydrogen-bond acceptors (Lipinski definition) is 4. The minimum Gasteiger partial charge on any atom is -0.340 e. The van der Waals surface area contributed by atoms with Crippen molar-refractivity contribution in [1.82, 2.24) is 4.90 Å². The minimum atomic E-state index is -0.605. The van der Waals surface area contributed by atoms with Gasteiger partial charge in [0.2, 0.25) is 5.91 Å². The Morgan fingerprint density at radius 1 is 1.45 bits per heavy atom. The number of nitrogens with two attached hydrogens (primary N) is 1. The molecule has 0 aliphatic heterocycles. The number of non-ortho nitro benzene ring substituents is 1. The maximum Gasteiger partial charge on any atom is 0.269 e. The van der Waals surface area contributed by atoms with Crippen LogP contribution in [-0.4, -0.2) is 28.8 Å². The van der Waals surface area contributed by atoms with E-state index >= 15 is 0 Å². The summed E-state index contributed by atoms with van der Waals surface area (Å²) in [4.78, 5) is 23.9. The number of carbonyl (C=O) groups is 1. The van der Waals surface area contributed by atoms with Crippen LogP contribution in [0, 0.1) is 15.5 Å². The van der Waals surface area contributed by atoms with Crippen molar-refractivity contribution in [1.29, 1.82) is 0 Å². The molecule has 0 aliphatic rings. The number of benzene rings is 1. The highest BCUT2D eigenvalue weighted by Crippen LogP contribution is 2.20. The second kappa shape index (κ2) is 6.00. The summed E-state index contributed by atoms with van der Waals surface area (Å²) in [6.07, 6.45) is 0. The van der Waals surface area contributed by atoms with Crippen LogP contribution in [0.2, 0.25) is 0 Å². The molecule has 20 heavy (non-hydrogen) atoms. The first-order valence-electron chi connectivity index (χ1n) is 6.37. The molecule has 0 fully saturated rings. The highest BCUT2D eigenvalue weighted by molar-refractivity contribution is 5.82. The van der Waals surface area contributed by atoms with Gasteiger partial charge in [-0.2, -0.15) is 0 Å². The lowest BCUT2D eigenvalue weighted by Gasteiger charge is -2.30. The lowest BCUT2D eigenvalue weighted by molar-refractivity contribution is -0.384. The Kier molecular flexibility index (Phi) is 4.83. The van der Waals surface area contributed by atoms with E-state index in [1.54, 1.807) is 19.2 Å². The Bertz CT molecular complexity index is 509. The fourth-order valence-electron chi connectivity index (χ4n) is 1.73. The number of nitro groups is 1. The number of hydrogen-bond donors (Lipinski definition) is 1. The Balaban J connectivity index is 2.80. The minimum absolute atomic E-state index is 0.0171. The fraction of sp³-hybridized carbons (Fsp3) is 0.500. The highest BCUT2D eigenvalue weighted by Gasteiger charge is 2.29. The molecular formula is C14H21N3O3. The molecule has 2 N–H and O–H groups in total. The van der Waals surface area contributed by atoms with Crippen LogP contribution in [0.3, 0.4) is 0 Å². The number of likely N-dealkylation sites (N-methyl/N-ethyl adjacent to an activating group) is 1. The van der Waals surface area contributed by atoms with Gasteiger partial charge in [0.05, 0.1) is 11.0 Å². The molecule has 1 aromatic rings. The summed E-state index contributed by atoms with van der Waals surface area (Å²) in [5.74, 6) is -0.177. The van der Waals surface area contributed by atoms with Gasteiger partial charge in [0, 0.05) is 25.7 Å². The molecular weight excluding hydrogens is 258 g/mol. The molecule has 0 spiro atoms. The molecule has 0 bridgehead atoms. The molecule has 0 heterocycles. The van der Waals surface area contributed by atoms with Crippen LogP contribution in [0.4, 0.5) is 5.69 Å². The summed E-state index contributed by atoms with van der Waals surface area (Å²) in [7, 11) is 1.65. The van der Waals surface area contributed by atoms with Gasteiger partial charge >= 0.3 is 0 Å². The first-order chi connectivity index (χ1) is 9.12. The van der Waals surface area contributed by atoms with Crippen molar-refractivity contribution < 1.29 is 9.72 Å². The number of nitro benzene ring substituents is 1. The van der Waals surface area contributed by atoms with Gasteiger partial charge < -0.3 is 10.6 Å². The molecule has 0 aromatic heterocycles. The van der Waals surface area contributed by atoms with E-state index in [1.165, 1.54) is 17.0 Å². The lowest BCUT2D eigenvalue weighted by Crippen LogP contribution is -2.48. The molecule has 1 amide bonds. The Morgan fingerprint density at radius 2 is 2.05 bits per heavy atom. The molecule has 1 atom stereocenters. The molecule has 0 aliphatic carbocycles. The van der Waals surface area contributed by atoms with E-state index in [-0.39, 0.29) is 17.0 Å². The molecule has 110 valence electrons. The average Bonchev–Trinajstić information content (AvgIpc) is 2.36.